The van der Waals surface area contributed by atoms with Crippen LogP contribution in [-0.4, -0.2) is 15.0 Å². The SMILES string of the molecule is [2H]c1c([2H])c([2H])c(-c2nc(-c3ccc4c(c3)C3(c5ccccc5Sc5cc6c(cc53)-c3ccccc3C6(C)C)c3ccccc3-c3ccccc3-4)nc(-c3c([2H])c([2H])c([2H])c(C)c3[2H])n2)c([2H])c1[2H]. The van der Waals surface area contributed by atoms with Crippen molar-refractivity contribution in [1.29, 1.82) is 0 Å². The third-order valence-electron chi connectivity index (χ3n) is 12.5. The second-order valence-corrected chi connectivity index (χ2v) is 17.2. The molecule has 0 radical (unpaired) electrons. The Kier molecular flexibility index (Phi) is 5.87. The average Bonchev–Trinajstić information content (AvgIpc) is 3.52. The summed E-state index contributed by atoms with van der Waals surface area (Å²) < 4.78 is 78.7. The van der Waals surface area contributed by atoms with Crippen LogP contribution < -0.4 is 0 Å². The van der Waals surface area contributed by atoms with Crippen LogP contribution in [0.15, 0.2) is 192 Å². The minimum absolute atomic E-state index is 0.0619. The van der Waals surface area contributed by atoms with Crippen molar-refractivity contribution < 1.29 is 12.3 Å². The first-order chi connectivity index (χ1) is 33.1. The van der Waals surface area contributed by atoms with E-state index in [4.69, 9.17) is 22.3 Å². The molecule has 8 aromatic carbocycles. The molecule has 0 fully saturated rings. The first kappa shape index (κ1) is 27.0. The molecule has 1 atom stereocenters. The minimum atomic E-state index is -0.954. The quantitative estimate of drug-likeness (QED) is 0.179. The molecule has 1 unspecified atom stereocenters. The maximum Gasteiger partial charge on any atom is 0.164 e. The van der Waals surface area contributed by atoms with Gasteiger partial charge in [0.05, 0.1) is 17.8 Å². The minimum Gasteiger partial charge on any atom is -0.208 e. The highest BCUT2D eigenvalue weighted by Gasteiger charge is 2.50. The lowest BCUT2D eigenvalue weighted by atomic mass is 9.62. The molecule has 0 amide bonds. The number of hydrogen-bond acceptors (Lipinski definition) is 4. The zero-order valence-electron chi connectivity index (χ0n) is 41.9. The first-order valence-electron chi connectivity index (χ1n) is 24.5. The van der Waals surface area contributed by atoms with Gasteiger partial charge >= 0.3 is 0 Å². The molecule has 0 bridgehead atoms. The smallest absolute Gasteiger partial charge is 0.164 e. The molecule has 60 heavy (non-hydrogen) atoms. The molecule has 12 rings (SSSR count). The van der Waals surface area contributed by atoms with Crippen molar-refractivity contribution in [3.63, 3.8) is 0 Å². The monoisotopic (exact) mass is 794 g/mol. The van der Waals surface area contributed by atoms with Gasteiger partial charge in [-0.25, -0.2) is 15.0 Å². The van der Waals surface area contributed by atoms with Gasteiger partial charge in [-0.2, -0.15) is 0 Å². The van der Waals surface area contributed by atoms with Gasteiger partial charge in [0.2, 0.25) is 0 Å². The molecule has 284 valence electrons. The Balaban J connectivity index is 1.23. The van der Waals surface area contributed by atoms with Crippen molar-refractivity contribution in [3.05, 3.63) is 221 Å². The molecule has 0 saturated heterocycles. The molecule has 0 saturated carbocycles. The van der Waals surface area contributed by atoms with Gasteiger partial charge in [0, 0.05) is 31.9 Å². The number of fused-ring (bicyclic) bond motifs is 14. The Morgan fingerprint density at radius 3 is 1.77 bits per heavy atom. The summed E-state index contributed by atoms with van der Waals surface area (Å²) >= 11 is 1.77. The molecule has 2 heterocycles. The number of benzene rings is 8. The van der Waals surface area contributed by atoms with Gasteiger partial charge in [-0.1, -0.05) is 183 Å². The van der Waals surface area contributed by atoms with E-state index >= 15 is 0 Å². The van der Waals surface area contributed by atoms with Gasteiger partial charge in [-0.05, 0) is 104 Å². The molecule has 2 aliphatic carbocycles. The first-order valence-corrected chi connectivity index (χ1v) is 20.8. The topological polar surface area (TPSA) is 38.7 Å². The molecule has 1 aromatic heterocycles. The molecule has 9 aromatic rings. The van der Waals surface area contributed by atoms with Gasteiger partial charge in [-0.3, -0.25) is 0 Å². The van der Waals surface area contributed by atoms with Crippen LogP contribution in [0.5, 0.6) is 0 Å². The van der Waals surface area contributed by atoms with Crippen LogP contribution >= 0.6 is 11.8 Å². The van der Waals surface area contributed by atoms with Gasteiger partial charge < -0.3 is 0 Å². The maximum absolute atomic E-state index is 9.14. The molecule has 4 heteroatoms. The molecule has 1 spiro atoms. The fourth-order valence-electron chi connectivity index (χ4n) is 9.83. The van der Waals surface area contributed by atoms with Gasteiger partial charge in [0.15, 0.2) is 17.5 Å². The fourth-order valence-corrected chi connectivity index (χ4v) is 11.0. The summed E-state index contributed by atoms with van der Waals surface area (Å²) in [6.45, 7) is 6.12. The van der Waals surface area contributed by atoms with E-state index in [1.165, 1.54) is 29.2 Å². The van der Waals surface area contributed by atoms with Crippen LogP contribution in [0, 0.1) is 6.92 Å². The summed E-state index contributed by atoms with van der Waals surface area (Å²) in [7, 11) is 0. The molecular formula is C56H39N3S. The lowest BCUT2D eigenvalue weighted by Gasteiger charge is -2.43. The van der Waals surface area contributed by atoms with Crippen molar-refractivity contribution in [3.8, 4) is 67.5 Å². The summed E-state index contributed by atoms with van der Waals surface area (Å²) in [6, 6.07) is 41.0. The molecular weight excluding hydrogens is 747 g/mol. The van der Waals surface area contributed by atoms with E-state index in [0.717, 1.165) is 54.3 Å². The van der Waals surface area contributed by atoms with Crippen molar-refractivity contribution in [2.24, 2.45) is 0 Å². The Bertz CT molecular complexity index is 3630. The Morgan fingerprint density at radius 1 is 0.433 bits per heavy atom. The number of hydrogen-bond donors (Lipinski definition) is 0. The predicted octanol–water partition coefficient (Wildman–Crippen LogP) is 14.0. The zero-order chi connectivity index (χ0) is 48.0. The molecule has 1 aliphatic heterocycles. The van der Waals surface area contributed by atoms with E-state index in [1.807, 2.05) is 12.1 Å². The van der Waals surface area contributed by atoms with E-state index in [-0.39, 0.29) is 51.7 Å². The van der Waals surface area contributed by atoms with E-state index < -0.39 is 47.7 Å². The highest BCUT2D eigenvalue weighted by atomic mass is 32.2. The molecule has 3 nitrogen and oxygen atoms in total. The van der Waals surface area contributed by atoms with E-state index in [0.29, 0.717) is 5.56 Å². The van der Waals surface area contributed by atoms with E-state index in [2.05, 4.69) is 134 Å². The second-order valence-electron chi connectivity index (χ2n) is 16.1. The zero-order valence-corrected chi connectivity index (χ0v) is 33.7. The summed E-state index contributed by atoms with van der Waals surface area (Å²) in [4.78, 5) is 16.8. The highest BCUT2D eigenvalue weighted by Crippen LogP contribution is 2.63. The Labute approximate surface area is 367 Å². The fraction of sp³-hybridized carbons (Fsp3) is 0.0893. The largest absolute Gasteiger partial charge is 0.208 e. The van der Waals surface area contributed by atoms with Crippen LogP contribution in [-0.2, 0) is 10.8 Å². The maximum atomic E-state index is 9.14. The van der Waals surface area contributed by atoms with Crippen LogP contribution in [0.2, 0.25) is 0 Å². The summed E-state index contributed by atoms with van der Waals surface area (Å²) in [5, 5.41) is 0. The van der Waals surface area contributed by atoms with Crippen LogP contribution in [0.25, 0.3) is 67.5 Å². The highest BCUT2D eigenvalue weighted by molar-refractivity contribution is 7.99. The van der Waals surface area contributed by atoms with E-state index in [9.17, 15) is 0 Å². The lowest BCUT2D eigenvalue weighted by Crippen LogP contribution is -2.35. The Hall–Kier alpha value is -6.88. The third kappa shape index (κ3) is 5.01. The Morgan fingerprint density at radius 2 is 1.02 bits per heavy atom. The van der Waals surface area contributed by atoms with Gasteiger partial charge in [0.25, 0.3) is 0 Å². The standard InChI is InChI=1S/C56H39N3S/c1-34-16-15-19-36(30-34)53-57-52(35-17-5-4-6-18-35)58-54(59-53)37-28-29-42-39-21-8-7-20-38(39)40-22-10-12-25-45(40)56(48(42)31-37)46-26-13-14-27-50(46)60-51-33-47-43(32-49(51)56)41-23-9-11-24-44(41)55(47,2)3/h4-33H,1-3H3/i4D,5D,6D,15D,16D,17D,18D,19D,30D. The molecule has 0 N–H and O–H groups in total. The number of aromatic nitrogens is 3. The number of nitrogens with zero attached hydrogens (tertiary/aromatic N) is 3. The summed E-state index contributed by atoms with van der Waals surface area (Å²) in [6.07, 6.45) is 0. The molecule has 3 aliphatic rings. The van der Waals surface area contributed by atoms with Crippen molar-refractivity contribution in [2.75, 3.05) is 0 Å². The second kappa shape index (κ2) is 13.1. The lowest BCUT2D eigenvalue weighted by molar-refractivity contribution is 0.653. The average molecular weight is 795 g/mol. The van der Waals surface area contributed by atoms with Crippen LogP contribution in [0.4, 0.5) is 0 Å². The summed E-state index contributed by atoms with van der Waals surface area (Å²) in [5.74, 6) is -0.394. The van der Waals surface area contributed by atoms with E-state index in [1.54, 1.807) is 11.8 Å². The third-order valence-corrected chi connectivity index (χ3v) is 13.6. The van der Waals surface area contributed by atoms with Gasteiger partial charge in [-0.15, -0.1) is 0 Å². The van der Waals surface area contributed by atoms with Crippen molar-refractivity contribution in [1.82, 2.24) is 15.0 Å². The van der Waals surface area contributed by atoms with Crippen molar-refractivity contribution >= 4 is 11.8 Å². The normalized spacial score (nSPS) is 18.1. The van der Waals surface area contributed by atoms with Gasteiger partial charge in [0.1, 0.15) is 0 Å². The van der Waals surface area contributed by atoms with Crippen LogP contribution in [0.1, 0.15) is 65.1 Å². The van der Waals surface area contributed by atoms with Crippen LogP contribution in [0.3, 0.4) is 0 Å². The summed E-state index contributed by atoms with van der Waals surface area (Å²) in [5.41, 5.74) is 12.3. The number of rotatable bonds is 3. The predicted molar refractivity (Wildman–Crippen MR) is 245 cm³/mol. The van der Waals surface area contributed by atoms with Crippen molar-refractivity contribution in [2.45, 2.75) is 41.4 Å².